The van der Waals surface area contributed by atoms with Crippen molar-refractivity contribution in [2.45, 2.75) is 32.5 Å². The van der Waals surface area contributed by atoms with Gasteiger partial charge in [0.05, 0.1) is 36.2 Å². The van der Waals surface area contributed by atoms with Gasteiger partial charge in [-0.2, -0.15) is 18.3 Å². The molecule has 0 saturated carbocycles. The lowest BCUT2D eigenvalue weighted by Gasteiger charge is -2.17. The first-order valence-corrected chi connectivity index (χ1v) is 12.4. The van der Waals surface area contributed by atoms with Crippen molar-refractivity contribution in [3.8, 4) is 17.1 Å². The summed E-state index contributed by atoms with van der Waals surface area (Å²) in [5.74, 6) is 1.72. The molecule has 0 fully saturated rings. The Morgan fingerprint density at radius 3 is 2.45 bits per heavy atom. The first-order valence-electron chi connectivity index (χ1n) is 12.4. The number of pyridine rings is 2. The average molecular weight is 555 g/mol. The second-order valence-electron chi connectivity index (χ2n) is 8.96. The number of anilines is 4. The Balaban J connectivity index is 1.59. The molecule has 0 radical (unpaired) electrons. The highest BCUT2D eigenvalue weighted by atomic mass is 19.4. The van der Waals surface area contributed by atoms with Crippen molar-refractivity contribution in [3.05, 3.63) is 66.2 Å². The molecule has 0 saturated heterocycles. The third kappa shape index (κ3) is 6.91. The van der Waals surface area contributed by atoms with Crippen LogP contribution in [-0.4, -0.2) is 50.3 Å². The van der Waals surface area contributed by atoms with E-state index in [1.54, 1.807) is 57.2 Å². The molecule has 40 heavy (non-hydrogen) atoms. The largest absolute Gasteiger partial charge is 0.494 e. The number of para-hydroxylation sites is 1. The Kier molecular flexibility index (Phi) is 8.63. The van der Waals surface area contributed by atoms with Crippen molar-refractivity contribution in [2.75, 3.05) is 24.3 Å². The number of ether oxygens (including phenoxy) is 1. The summed E-state index contributed by atoms with van der Waals surface area (Å²) >= 11 is 0. The molecule has 1 aromatic carbocycles. The summed E-state index contributed by atoms with van der Waals surface area (Å²) in [6.07, 6.45) is 0.541. The first-order chi connectivity index (χ1) is 19.1. The number of hydrogen-bond acceptors (Lipinski definition) is 9. The minimum absolute atomic E-state index is 0.106. The molecule has 210 valence electrons. The molecule has 3 aromatic heterocycles. The summed E-state index contributed by atoms with van der Waals surface area (Å²) in [5, 5.41) is 13.2. The summed E-state index contributed by atoms with van der Waals surface area (Å²) in [6.45, 7) is 2.30. The van der Waals surface area contributed by atoms with E-state index in [9.17, 15) is 18.0 Å². The fraction of sp³-hybridized carbons (Fsp3) is 0.296. The first kappa shape index (κ1) is 28.5. The normalized spacial score (nSPS) is 12.2. The lowest BCUT2D eigenvalue weighted by atomic mass is 10.1. The van der Waals surface area contributed by atoms with Crippen LogP contribution in [0.2, 0.25) is 0 Å². The van der Waals surface area contributed by atoms with Gasteiger partial charge < -0.3 is 20.7 Å². The highest BCUT2D eigenvalue weighted by Crippen LogP contribution is 2.37. The second kappa shape index (κ2) is 12.1. The van der Waals surface area contributed by atoms with Crippen LogP contribution in [0.5, 0.6) is 5.75 Å². The molecule has 10 nitrogen and oxygen atoms in total. The molecule has 0 aliphatic heterocycles. The van der Waals surface area contributed by atoms with E-state index in [4.69, 9.17) is 4.74 Å². The monoisotopic (exact) mass is 554 g/mol. The minimum Gasteiger partial charge on any atom is -0.494 e. The van der Waals surface area contributed by atoms with Crippen LogP contribution in [0, 0.1) is 0 Å². The van der Waals surface area contributed by atoms with Gasteiger partial charge in [0, 0.05) is 38.0 Å². The van der Waals surface area contributed by atoms with Crippen LogP contribution in [0.15, 0.2) is 55.1 Å². The molecular formula is C27H29F3N8O2. The molecular weight excluding hydrogens is 525 g/mol. The molecule has 3 N–H and O–H groups in total. The number of halogens is 3. The van der Waals surface area contributed by atoms with Gasteiger partial charge in [0.25, 0.3) is 0 Å². The van der Waals surface area contributed by atoms with Gasteiger partial charge in [-0.15, -0.1) is 0 Å². The number of hydrogen-bond donors (Lipinski definition) is 3. The smallest absolute Gasteiger partial charge is 0.401 e. The maximum Gasteiger partial charge on any atom is 0.401 e. The van der Waals surface area contributed by atoms with Crippen LogP contribution < -0.4 is 20.7 Å². The number of benzene rings is 1. The Bertz CT molecular complexity index is 1470. The third-order valence-electron chi connectivity index (χ3n) is 6.01. The number of Topliss-reactive ketones (excluding diaryl/α,β-unsaturated/α-hetero) is 1. The molecule has 0 amide bonds. The van der Waals surface area contributed by atoms with Crippen molar-refractivity contribution in [1.82, 2.24) is 30.0 Å². The number of nitrogens with one attached hydrogen (secondary N) is 3. The zero-order valence-electron chi connectivity index (χ0n) is 22.4. The fourth-order valence-corrected chi connectivity index (χ4v) is 3.93. The lowest BCUT2D eigenvalue weighted by molar-refractivity contribution is -0.126. The molecule has 0 aliphatic rings. The molecule has 4 rings (SSSR count). The topological polar surface area (TPSA) is 119 Å². The average Bonchev–Trinajstić information content (AvgIpc) is 3.37. The Labute approximate surface area is 229 Å². The van der Waals surface area contributed by atoms with Crippen molar-refractivity contribution in [3.63, 3.8) is 0 Å². The number of alkyl halides is 3. The number of carbonyl (C=O) groups is 1. The van der Waals surface area contributed by atoms with E-state index >= 15 is 0 Å². The number of rotatable bonds is 11. The molecule has 1 atom stereocenters. The summed E-state index contributed by atoms with van der Waals surface area (Å²) in [4.78, 5) is 25.7. The highest BCUT2D eigenvalue weighted by molar-refractivity contribution is 6.02. The van der Waals surface area contributed by atoms with E-state index in [1.807, 2.05) is 18.2 Å². The molecule has 13 heteroatoms. The van der Waals surface area contributed by atoms with Gasteiger partial charge in [-0.25, -0.2) is 15.0 Å². The van der Waals surface area contributed by atoms with E-state index in [2.05, 4.69) is 36.0 Å². The number of aryl methyl sites for hydroxylation is 1. The summed E-state index contributed by atoms with van der Waals surface area (Å²) < 4.78 is 44.8. The van der Waals surface area contributed by atoms with Crippen LogP contribution in [0.3, 0.4) is 0 Å². The second-order valence-corrected chi connectivity index (χ2v) is 8.96. The summed E-state index contributed by atoms with van der Waals surface area (Å²) in [5.41, 5.74) is 2.76. The molecule has 1 unspecified atom stereocenters. The zero-order valence-corrected chi connectivity index (χ0v) is 22.4. The predicted octanol–water partition coefficient (Wildman–Crippen LogP) is 5.57. The predicted molar refractivity (Wildman–Crippen MR) is 145 cm³/mol. The van der Waals surface area contributed by atoms with E-state index < -0.39 is 18.8 Å². The molecule has 4 aromatic rings. The van der Waals surface area contributed by atoms with Gasteiger partial charge >= 0.3 is 6.18 Å². The molecule has 3 heterocycles. The zero-order chi connectivity index (χ0) is 28.9. The van der Waals surface area contributed by atoms with Crippen LogP contribution in [0.1, 0.15) is 42.2 Å². The summed E-state index contributed by atoms with van der Waals surface area (Å²) in [7, 11) is 3.31. The Morgan fingerprint density at radius 1 is 1.05 bits per heavy atom. The van der Waals surface area contributed by atoms with Gasteiger partial charge in [0.2, 0.25) is 0 Å². The van der Waals surface area contributed by atoms with Gasteiger partial charge in [0.15, 0.2) is 17.4 Å². The van der Waals surface area contributed by atoms with E-state index in [-0.39, 0.29) is 12.2 Å². The van der Waals surface area contributed by atoms with Crippen molar-refractivity contribution >= 4 is 28.8 Å². The van der Waals surface area contributed by atoms with Gasteiger partial charge in [-0.1, -0.05) is 19.1 Å². The van der Waals surface area contributed by atoms with Crippen LogP contribution in [-0.2, 0) is 7.05 Å². The molecule has 0 aliphatic carbocycles. The number of ketones is 1. The van der Waals surface area contributed by atoms with Crippen molar-refractivity contribution in [1.29, 1.82) is 0 Å². The van der Waals surface area contributed by atoms with Crippen LogP contribution in [0.4, 0.5) is 36.2 Å². The number of aromatic nitrogens is 5. The third-order valence-corrected chi connectivity index (χ3v) is 6.01. The number of methoxy groups -OCH3 is 1. The van der Waals surface area contributed by atoms with Gasteiger partial charge in [-0.3, -0.25) is 9.48 Å². The van der Waals surface area contributed by atoms with E-state index in [0.29, 0.717) is 51.3 Å². The van der Waals surface area contributed by atoms with E-state index in [0.717, 1.165) is 0 Å². The summed E-state index contributed by atoms with van der Waals surface area (Å²) in [6, 6.07) is 9.95. The standard InChI is InChI=1S/C27H29F3N8O2/c1-5-22(39)19-13-32-24(36-23-10-9-17(12-31-23)16(2)33-14-27(28,29)30)11-21(19)35-20-8-6-7-18(25(20)40-4)26-34-15-38(3)37-26/h6-13,15-16,33H,5,14H2,1-4H3,(H2,31,32,35,36). The van der Waals surface area contributed by atoms with Crippen LogP contribution in [0.25, 0.3) is 11.4 Å². The highest BCUT2D eigenvalue weighted by Gasteiger charge is 2.27. The van der Waals surface area contributed by atoms with Crippen LogP contribution >= 0.6 is 0 Å². The molecule has 0 spiro atoms. The Hall–Kier alpha value is -4.52. The van der Waals surface area contributed by atoms with E-state index in [1.165, 1.54) is 12.4 Å². The minimum atomic E-state index is -4.30. The van der Waals surface area contributed by atoms with Crippen molar-refractivity contribution in [2.24, 2.45) is 7.05 Å². The lowest BCUT2D eigenvalue weighted by Crippen LogP contribution is -2.30. The fourth-order valence-electron chi connectivity index (χ4n) is 3.93. The maximum absolute atomic E-state index is 12.7. The number of carbonyl (C=O) groups excluding carboxylic acids is 1. The van der Waals surface area contributed by atoms with Gasteiger partial charge in [-0.05, 0) is 30.7 Å². The number of nitrogens with zero attached hydrogens (tertiary/aromatic N) is 5. The quantitative estimate of drug-likeness (QED) is 0.204. The van der Waals surface area contributed by atoms with Gasteiger partial charge in [0.1, 0.15) is 18.0 Å². The van der Waals surface area contributed by atoms with Crippen molar-refractivity contribution < 1.29 is 22.7 Å². The Morgan fingerprint density at radius 2 is 1.82 bits per heavy atom. The maximum atomic E-state index is 12.7. The molecule has 0 bridgehead atoms. The SMILES string of the molecule is CCC(=O)c1cnc(Nc2ccc(C(C)NCC(F)(F)F)cn2)cc1Nc1cccc(-c2ncn(C)n2)c1OC.